The van der Waals surface area contributed by atoms with E-state index in [2.05, 4.69) is 15.0 Å². The van der Waals surface area contributed by atoms with Gasteiger partial charge >= 0.3 is 0 Å². The Bertz CT molecular complexity index is 675. The minimum Gasteiger partial charge on any atom is -0.338 e. The average Bonchev–Trinajstić information content (AvgIpc) is 2.56. The number of likely N-dealkylation sites (tertiary alicyclic amines) is 1. The zero-order chi connectivity index (χ0) is 14.7. The highest BCUT2D eigenvalue weighted by Crippen LogP contribution is 2.27. The number of aromatic amines is 1. The summed E-state index contributed by atoms with van der Waals surface area (Å²) in [6.45, 7) is 1.31. The number of carbonyl (C=O) groups excluding carboxylic acids is 1. The number of aromatic nitrogens is 3. The van der Waals surface area contributed by atoms with E-state index in [1.807, 2.05) is 12.1 Å². The normalized spacial score (nSPS) is 15.9. The van der Waals surface area contributed by atoms with Gasteiger partial charge in [-0.15, -0.1) is 0 Å². The average molecular weight is 284 g/mol. The molecule has 0 bridgehead atoms. The number of hydrogen-bond acceptors (Lipinski definition) is 4. The van der Waals surface area contributed by atoms with Gasteiger partial charge < -0.3 is 9.88 Å². The number of nitrogens with zero attached hydrogens (tertiary/aromatic N) is 3. The van der Waals surface area contributed by atoms with E-state index in [0.717, 1.165) is 12.8 Å². The van der Waals surface area contributed by atoms with Crippen molar-refractivity contribution in [2.45, 2.75) is 18.8 Å². The van der Waals surface area contributed by atoms with E-state index < -0.39 is 0 Å². The molecule has 1 N–H and O–H groups in total. The topological polar surface area (TPSA) is 79.0 Å². The number of carbonyl (C=O) groups is 1. The molecule has 0 atom stereocenters. The molecule has 21 heavy (non-hydrogen) atoms. The van der Waals surface area contributed by atoms with Crippen molar-refractivity contribution in [2.24, 2.45) is 0 Å². The van der Waals surface area contributed by atoms with Crippen LogP contribution in [0.25, 0.3) is 0 Å². The van der Waals surface area contributed by atoms with Gasteiger partial charge in [-0.05, 0) is 36.5 Å². The van der Waals surface area contributed by atoms with Crippen LogP contribution in [0.15, 0.2) is 41.8 Å². The molecular formula is C15H16N4O2. The van der Waals surface area contributed by atoms with Crippen LogP contribution in [0.2, 0.25) is 0 Å². The lowest BCUT2D eigenvalue weighted by Crippen LogP contribution is -2.40. The maximum absolute atomic E-state index is 12.3. The van der Waals surface area contributed by atoms with Crippen LogP contribution >= 0.6 is 0 Å². The van der Waals surface area contributed by atoms with Gasteiger partial charge in [0.15, 0.2) is 0 Å². The fourth-order valence-electron chi connectivity index (χ4n) is 2.72. The van der Waals surface area contributed by atoms with Gasteiger partial charge in [-0.3, -0.25) is 14.6 Å². The number of amides is 1. The lowest BCUT2D eigenvalue weighted by molar-refractivity contribution is 0.0710. The predicted molar refractivity (Wildman–Crippen MR) is 77.0 cm³/mol. The van der Waals surface area contributed by atoms with Gasteiger partial charge in [0.05, 0.1) is 6.33 Å². The highest BCUT2D eigenvalue weighted by Gasteiger charge is 2.25. The third-order valence-corrected chi connectivity index (χ3v) is 3.91. The molecule has 1 aliphatic heterocycles. The fraction of sp³-hybridized carbons (Fsp3) is 0.333. The summed E-state index contributed by atoms with van der Waals surface area (Å²) in [5.74, 6) is 0.210. The van der Waals surface area contributed by atoms with Gasteiger partial charge in [-0.25, -0.2) is 4.98 Å². The van der Waals surface area contributed by atoms with Crippen LogP contribution < -0.4 is 5.56 Å². The van der Waals surface area contributed by atoms with Crippen molar-refractivity contribution in [3.8, 4) is 0 Å². The summed E-state index contributed by atoms with van der Waals surface area (Å²) in [4.78, 5) is 36.0. The van der Waals surface area contributed by atoms with Crippen molar-refractivity contribution < 1.29 is 4.79 Å². The molecule has 108 valence electrons. The van der Waals surface area contributed by atoms with E-state index in [1.165, 1.54) is 18.1 Å². The van der Waals surface area contributed by atoms with Crippen molar-refractivity contribution in [3.05, 3.63) is 58.5 Å². The molecule has 2 aromatic heterocycles. The monoisotopic (exact) mass is 284 g/mol. The lowest BCUT2D eigenvalue weighted by atomic mass is 9.90. The van der Waals surface area contributed by atoms with E-state index in [0.29, 0.717) is 19.0 Å². The van der Waals surface area contributed by atoms with Crippen LogP contribution in [-0.4, -0.2) is 38.8 Å². The summed E-state index contributed by atoms with van der Waals surface area (Å²) in [6, 6.07) is 4.04. The Hall–Kier alpha value is -2.50. The summed E-state index contributed by atoms with van der Waals surface area (Å²) >= 11 is 0. The second kappa shape index (κ2) is 5.87. The molecule has 6 heteroatoms. The summed E-state index contributed by atoms with van der Waals surface area (Å²) < 4.78 is 0. The Morgan fingerprint density at radius 2 is 1.90 bits per heavy atom. The molecule has 3 rings (SSSR count). The molecular weight excluding hydrogens is 268 g/mol. The number of H-pyrrole nitrogens is 1. The Kier molecular flexibility index (Phi) is 3.77. The molecule has 0 unspecified atom stereocenters. The smallest absolute Gasteiger partial charge is 0.263 e. The maximum atomic E-state index is 12.3. The second-order valence-corrected chi connectivity index (χ2v) is 5.14. The summed E-state index contributed by atoms with van der Waals surface area (Å²) in [5, 5.41) is 0. The minimum atomic E-state index is -0.383. The Balaban J connectivity index is 1.68. The first kappa shape index (κ1) is 13.5. The molecule has 1 aliphatic rings. The van der Waals surface area contributed by atoms with Crippen molar-refractivity contribution in [3.63, 3.8) is 0 Å². The van der Waals surface area contributed by atoms with E-state index in [-0.39, 0.29) is 17.0 Å². The summed E-state index contributed by atoms with van der Waals surface area (Å²) in [7, 11) is 0. The number of nitrogens with one attached hydrogen (secondary N) is 1. The molecule has 6 nitrogen and oxygen atoms in total. The van der Waals surface area contributed by atoms with Crippen LogP contribution in [-0.2, 0) is 0 Å². The molecule has 0 radical (unpaired) electrons. The van der Waals surface area contributed by atoms with E-state index >= 15 is 0 Å². The highest BCUT2D eigenvalue weighted by atomic mass is 16.2. The zero-order valence-corrected chi connectivity index (χ0v) is 11.5. The minimum absolute atomic E-state index is 0.111. The predicted octanol–water partition coefficient (Wildman–Crippen LogP) is 1.18. The van der Waals surface area contributed by atoms with E-state index in [1.54, 1.807) is 17.3 Å². The molecule has 1 fully saturated rings. The summed E-state index contributed by atoms with van der Waals surface area (Å²) in [5.41, 5.74) is 0.988. The van der Waals surface area contributed by atoms with Gasteiger partial charge in [0.25, 0.3) is 11.5 Å². The second-order valence-electron chi connectivity index (χ2n) is 5.14. The van der Waals surface area contributed by atoms with Crippen molar-refractivity contribution in [1.29, 1.82) is 0 Å². The van der Waals surface area contributed by atoms with Gasteiger partial charge in [-0.1, -0.05) is 0 Å². The van der Waals surface area contributed by atoms with Gasteiger partial charge in [0, 0.05) is 31.7 Å². The number of piperidine rings is 1. The summed E-state index contributed by atoms with van der Waals surface area (Å²) in [6.07, 6.45) is 8.00. The molecule has 0 spiro atoms. The van der Waals surface area contributed by atoms with Crippen LogP contribution in [0.4, 0.5) is 0 Å². The molecule has 1 amide bonds. The Morgan fingerprint density at radius 3 is 2.57 bits per heavy atom. The molecule has 0 aliphatic carbocycles. The van der Waals surface area contributed by atoms with Gasteiger partial charge in [0.1, 0.15) is 5.56 Å². The Labute approximate surface area is 121 Å². The Morgan fingerprint density at radius 1 is 1.19 bits per heavy atom. The first-order chi connectivity index (χ1) is 10.3. The number of rotatable bonds is 2. The van der Waals surface area contributed by atoms with Crippen LogP contribution in [0.1, 0.15) is 34.7 Å². The largest absolute Gasteiger partial charge is 0.338 e. The number of hydrogen-bond donors (Lipinski definition) is 1. The SMILES string of the molecule is O=C(c1cnc[nH]c1=O)N1CCC(c2ccncc2)CC1. The first-order valence-corrected chi connectivity index (χ1v) is 6.97. The molecule has 0 saturated carbocycles. The van der Waals surface area contributed by atoms with Crippen LogP contribution in [0.5, 0.6) is 0 Å². The van der Waals surface area contributed by atoms with E-state index in [9.17, 15) is 9.59 Å². The van der Waals surface area contributed by atoms with Gasteiger partial charge in [-0.2, -0.15) is 0 Å². The molecule has 2 aromatic rings. The van der Waals surface area contributed by atoms with Crippen molar-refractivity contribution >= 4 is 5.91 Å². The third-order valence-electron chi connectivity index (χ3n) is 3.91. The quantitative estimate of drug-likeness (QED) is 0.898. The highest BCUT2D eigenvalue weighted by molar-refractivity contribution is 5.93. The zero-order valence-electron chi connectivity index (χ0n) is 11.5. The molecule has 0 aromatic carbocycles. The van der Waals surface area contributed by atoms with E-state index in [4.69, 9.17) is 0 Å². The molecule has 1 saturated heterocycles. The van der Waals surface area contributed by atoms with Crippen LogP contribution in [0, 0.1) is 0 Å². The van der Waals surface area contributed by atoms with Crippen LogP contribution in [0.3, 0.4) is 0 Å². The first-order valence-electron chi connectivity index (χ1n) is 6.97. The van der Waals surface area contributed by atoms with Gasteiger partial charge in [0.2, 0.25) is 0 Å². The standard InChI is InChI=1S/C15H16N4O2/c20-14-13(9-17-10-18-14)15(21)19-7-3-12(4-8-19)11-1-5-16-6-2-11/h1-2,5-6,9-10,12H,3-4,7-8H2,(H,17,18,20). The molecule has 3 heterocycles. The maximum Gasteiger partial charge on any atom is 0.263 e. The van der Waals surface area contributed by atoms with Crippen molar-refractivity contribution in [1.82, 2.24) is 19.9 Å². The lowest BCUT2D eigenvalue weighted by Gasteiger charge is -2.32. The third kappa shape index (κ3) is 2.84. The fourth-order valence-corrected chi connectivity index (χ4v) is 2.72. The number of pyridine rings is 1. The van der Waals surface area contributed by atoms with Crippen molar-refractivity contribution in [2.75, 3.05) is 13.1 Å².